The van der Waals surface area contributed by atoms with E-state index >= 15 is 0 Å². The van der Waals surface area contributed by atoms with Crippen LogP contribution in [0.25, 0.3) is 0 Å². The molecule has 0 saturated carbocycles. The summed E-state index contributed by atoms with van der Waals surface area (Å²) < 4.78 is 0. The van der Waals surface area contributed by atoms with E-state index in [-0.39, 0.29) is 5.69 Å². The molecule has 88 valence electrons. The molecule has 1 aromatic carbocycles. The van der Waals surface area contributed by atoms with E-state index in [9.17, 15) is 10.1 Å². The van der Waals surface area contributed by atoms with Gasteiger partial charge in [-0.3, -0.25) is 15.4 Å². The summed E-state index contributed by atoms with van der Waals surface area (Å²) in [4.78, 5) is 14.4. The van der Waals surface area contributed by atoms with Crippen molar-refractivity contribution >= 4 is 28.3 Å². The molecule has 17 heavy (non-hydrogen) atoms. The van der Waals surface area contributed by atoms with Crippen LogP contribution in [-0.4, -0.2) is 16.3 Å². The Labute approximate surface area is 103 Å². The maximum absolute atomic E-state index is 10.7. The first-order chi connectivity index (χ1) is 8.10. The Bertz CT molecular complexity index is 508. The highest BCUT2D eigenvalue weighted by Gasteiger charge is 2.13. The molecule has 0 aromatic heterocycles. The Morgan fingerprint density at radius 2 is 2.35 bits per heavy atom. The standard InChI is InChI=1S/C10H10N4O2S/c1-7-8(13-10(17-2)12-6-11)4-3-5-9(7)14(15)16/h3-5H,1-2H3,(H,12,13). The minimum Gasteiger partial charge on any atom is -0.271 e. The third-order valence-electron chi connectivity index (χ3n) is 2.05. The third-order valence-corrected chi connectivity index (χ3v) is 2.63. The molecule has 6 nitrogen and oxygen atoms in total. The molecule has 0 aliphatic rings. The van der Waals surface area contributed by atoms with Crippen LogP contribution >= 0.6 is 11.8 Å². The molecule has 0 atom stereocenters. The van der Waals surface area contributed by atoms with Crippen molar-refractivity contribution in [1.29, 1.82) is 5.26 Å². The molecule has 0 radical (unpaired) electrons. The number of rotatable bonds is 2. The predicted molar refractivity (Wildman–Crippen MR) is 67.2 cm³/mol. The van der Waals surface area contributed by atoms with Gasteiger partial charge in [-0.1, -0.05) is 17.8 Å². The van der Waals surface area contributed by atoms with Crippen LogP contribution in [0.2, 0.25) is 0 Å². The number of thioether (sulfide) groups is 1. The Balaban J connectivity index is 3.20. The fraction of sp³-hybridized carbons (Fsp3) is 0.200. The van der Waals surface area contributed by atoms with Crippen molar-refractivity contribution in [2.75, 3.05) is 6.26 Å². The van der Waals surface area contributed by atoms with E-state index < -0.39 is 4.92 Å². The highest BCUT2D eigenvalue weighted by Crippen LogP contribution is 2.27. The second-order valence-electron chi connectivity index (χ2n) is 3.04. The van der Waals surface area contributed by atoms with Crippen LogP contribution < -0.4 is 5.32 Å². The fourth-order valence-electron chi connectivity index (χ4n) is 1.21. The van der Waals surface area contributed by atoms with Crippen LogP contribution in [0.5, 0.6) is 0 Å². The molecule has 0 aliphatic carbocycles. The molecule has 0 spiro atoms. The van der Waals surface area contributed by atoms with Crippen molar-refractivity contribution in [3.8, 4) is 6.19 Å². The van der Waals surface area contributed by atoms with Gasteiger partial charge in [-0.2, -0.15) is 5.26 Å². The molecule has 1 N–H and O–H groups in total. The SMILES string of the molecule is CSC(=Nc1cccc([N+](=O)[O-])c1C)NC#N. The first kappa shape index (κ1) is 13.0. The van der Waals surface area contributed by atoms with Gasteiger partial charge in [-0.05, 0) is 19.2 Å². The summed E-state index contributed by atoms with van der Waals surface area (Å²) in [6.07, 6.45) is 3.52. The van der Waals surface area contributed by atoms with Crippen LogP contribution in [0.4, 0.5) is 11.4 Å². The number of nitro benzene ring substituents is 1. The molecule has 0 heterocycles. The second-order valence-corrected chi connectivity index (χ2v) is 3.83. The maximum Gasteiger partial charge on any atom is 0.274 e. The van der Waals surface area contributed by atoms with Crippen molar-refractivity contribution in [2.24, 2.45) is 4.99 Å². The van der Waals surface area contributed by atoms with Gasteiger partial charge in [0.05, 0.1) is 16.2 Å². The second kappa shape index (κ2) is 5.86. The van der Waals surface area contributed by atoms with Crippen LogP contribution in [0.1, 0.15) is 5.56 Å². The zero-order chi connectivity index (χ0) is 12.8. The zero-order valence-corrected chi connectivity index (χ0v) is 10.1. The van der Waals surface area contributed by atoms with Crippen molar-refractivity contribution in [3.63, 3.8) is 0 Å². The van der Waals surface area contributed by atoms with Crippen molar-refractivity contribution in [2.45, 2.75) is 6.92 Å². The Kier molecular flexibility index (Phi) is 4.48. The Morgan fingerprint density at radius 1 is 1.65 bits per heavy atom. The van der Waals surface area contributed by atoms with Crippen molar-refractivity contribution < 1.29 is 4.92 Å². The molecule has 0 fully saturated rings. The van der Waals surface area contributed by atoms with E-state index in [1.165, 1.54) is 17.8 Å². The topological polar surface area (TPSA) is 91.3 Å². The van der Waals surface area contributed by atoms with E-state index in [1.54, 1.807) is 31.5 Å². The largest absolute Gasteiger partial charge is 0.274 e. The van der Waals surface area contributed by atoms with Gasteiger partial charge < -0.3 is 0 Å². The summed E-state index contributed by atoms with van der Waals surface area (Å²) >= 11 is 1.26. The van der Waals surface area contributed by atoms with Crippen LogP contribution in [0.3, 0.4) is 0 Å². The van der Waals surface area contributed by atoms with Gasteiger partial charge in [0.1, 0.15) is 0 Å². The molecule has 0 bridgehead atoms. The average molecular weight is 250 g/mol. The smallest absolute Gasteiger partial charge is 0.271 e. The average Bonchev–Trinajstić information content (AvgIpc) is 2.30. The van der Waals surface area contributed by atoms with Gasteiger partial charge in [0.2, 0.25) is 0 Å². The molecule has 0 aliphatic heterocycles. The Hall–Kier alpha value is -2.07. The van der Waals surface area contributed by atoms with E-state index in [1.807, 2.05) is 0 Å². The lowest BCUT2D eigenvalue weighted by Gasteiger charge is -2.03. The highest BCUT2D eigenvalue weighted by molar-refractivity contribution is 8.13. The van der Waals surface area contributed by atoms with Gasteiger partial charge in [0.25, 0.3) is 5.69 Å². The van der Waals surface area contributed by atoms with Crippen molar-refractivity contribution in [3.05, 3.63) is 33.9 Å². The summed E-state index contributed by atoms with van der Waals surface area (Å²) in [5, 5.41) is 22.0. The number of aliphatic imine (C=N–C) groups is 1. The summed E-state index contributed by atoms with van der Waals surface area (Å²) in [5.74, 6) is 0. The lowest BCUT2D eigenvalue weighted by atomic mass is 10.1. The number of nitriles is 1. The summed E-state index contributed by atoms with van der Waals surface area (Å²) in [6, 6.07) is 4.65. The molecule has 1 rings (SSSR count). The van der Waals surface area contributed by atoms with E-state index in [4.69, 9.17) is 5.26 Å². The lowest BCUT2D eigenvalue weighted by Crippen LogP contribution is -2.12. The first-order valence-electron chi connectivity index (χ1n) is 4.62. The molecular formula is C10H10N4O2S. The minimum atomic E-state index is -0.454. The van der Waals surface area contributed by atoms with E-state index in [0.717, 1.165) is 0 Å². The highest BCUT2D eigenvalue weighted by atomic mass is 32.2. The fourth-order valence-corrected chi connectivity index (χ4v) is 1.55. The maximum atomic E-state index is 10.7. The van der Waals surface area contributed by atoms with E-state index in [0.29, 0.717) is 16.4 Å². The van der Waals surface area contributed by atoms with Gasteiger partial charge in [-0.25, -0.2) is 4.99 Å². The zero-order valence-electron chi connectivity index (χ0n) is 9.30. The third kappa shape index (κ3) is 3.19. The lowest BCUT2D eigenvalue weighted by molar-refractivity contribution is -0.385. The van der Waals surface area contributed by atoms with Gasteiger partial charge in [0, 0.05) is 6.07 Å². The number of amidine groups is 1. The predicted octanol–water partition coefficient (Wildman–Crippen LogP) is 2.32. The number of benzene rings is 1. The first-order valence-corrected chi connectivity index (χ1v) is 5.84. The number of hydrogen-bond acceptors (Lipinski definition) is 5. The molecule has 0 amide bonds. The molecule has 1 aromatic rings. The number of hydrogen-bond donors (Lipinski definition) is 1. The summed E-state index contributed by atoms with van der Waals surface area (Å²) in [5.41, 5.74) is 0.971. The van der Waals surface area contributed by atoms with Crippen LogP contribution in [0, 0.1) is 28.5 Å². The summed E-state index contributed by atoms with van der Waals surface area (Å²) in [7, 11) is 0. The quantitative estimate of drug-likeness (QED) is 0.217. The van der Waals surface area contributed by atoms with Gasteiger partial charge in [-0.15, -0.1) is 0 Å². The monoisotopic (exact) mass is 250 g/mol. The van der Waals surface area contributed by atoms with Crippen LogP contribution in [0.15, 0.2) is 23.2 Å². The summed E-state index contributed by atoms with van der Waals surface area (Å²) in [6.45, 7) is 1.63. The molecule has 0 saturated heterocycles. The number of nitrogens with one attached hydrogen (secondary N) is 1. The molecule has 0 unspecified atom stereocenters. The number of nitro groups is 1. The van der Waals surface area contributed by atoms with Gasteiger partial charge >= 0.3 is 0 Å². The molecule has 7 heteroatoms. The molecular weight excluding hydrogens is 240 g/mol. The number of nitrogens with zero attached hydrogens (tertiary/aromatic N) is 3. The van der Waals surface area contributed by atoms with Gasteiger partial charge in [0.15, 0.2) is 11.4 Å². The Morgan fingerprint density at radius 3 is 2.88 bits per heavy atom. The normalized spacial score (nSPS) is 10.8. The van der Waals surface area contributed by atoms with Crippen LogP contribution in [-0.2, 0) is 0 Å². The minimum absolute atomic E-state index is 0.0173. The van der Waals surface area contributed by atoms with Crippen molar-refractivity contribution in [1.82, 2.24) is 5.32 Å². The van der Waals surface area contributed by atoms with E-state index in [2.05, 4.69) is 10.3 Å².